The number of para-hydroxylation sites is 1. The normalized spacial score (nSPS) is 14.8. The van der Waals surface area contributed by atoms with Crippen molar-refractivity contribution in [3.8, 4) is 0 Å². The third-order valence-corrected chi connectivity index (χ3v) is 4.29. The number of urea groups is 1. The number of hydrogen-bond acceptors (Lipinski definition) is 1. The highest BCUT2D eigenvalue weighted by Gasteiger charge is 2.28. The molecular weight excluding hydrogens is 296 g/mol. The van der Waals surface area contributed by atoms with Gasteiger partial charge in [0.1, 0.15) is 0 Å². The summed E-state index contributed by atoms with van der Waals surface area (Å²) in [7, 11) is 0. The molecule has 0 bridgehead atoms. The molecule has 0 heterocycles. The van der Waals surface area contributed by atoms with Crippen LogP contribution in [0.3, 0.4) is 0 Å². The Morgan fingerprint density at radius 3 is 2.27 bits per heavy atom. The minimum atomic E-state index is -0.0829. The molecule has 0 radical (unpaired) electrons. The highest BCUT2D eigenvalue weighted by molar-refractivity contribution is 6.30. The van der Waals surface area contributed by atoms with Crippen LogP contribution in [0.5, 0.6) is 0 Å². The van der Waals surface area contributed by atoms with E-state index in [1.165, 1.54) is 12.8 Å². The van der Waals surface area contributed by atoms with E-state index in [9.17, 15) is 4.79 Å². The fraction of sp³-hybridized carbons (Fsp3) is 0.278. The van der Waals surface area contributed by atoms with E-state index < -0.39 is 0 Å². The van der Waals surface area contributed by atoms with Crippen LogP contribution in [-0.2, 0) is 0 Å². The number of nitrogens with zero attached hydrogens (tertiary/aromatic N) is 1. The minimum absolute atomic E-state index is 0.0829. The van der Waals surface area contributed by atoms with Gasteiger partial charge in [0.25, 0.3) is 0 Å². The van der Waals surface area contributed by atoms with Crippen molar-refractivity contribution >= 4 is 29.0 Å². The molecule has 0 atom stereocenters. The van der Waals surface area contributed by atoms with E-state index in [0.717, 1.165) is 24.2 Å². The van der Waals surface area contributed by atoms with Gasteiger partial charge in [0.05, 0.1) is 0 Å². The first-order valence-corrected chi connectivity index (χ1v) is 8.03. The van der Waals surface area contributed by atoms with E-state index in [4.69, 9.17) is 11.6 Å². The Morgan fingerprint density at radius 2 is 1.64 bits per heavy atom. The van der Waals surface area contributed by atoms with Gasteiger partial charge in [0.15, 0.2) is 0 Å². The molecule has 1 saturated carbocycles. The summed E-state index contributed by atoms with van der Waals surface area (Å²) in [5.41, 5.74) is 1.70. The van der Waals surface area contributed by atoms with E-state index in [0.29, 0.717) is 5.02 Å². The van der Waals surface area contributed by atoms with Gasteiger partial charge in [-0.25, -0.2) is 4.79 Å². The summed E-state index contributed by atoms with van der Waals surface area (Å²) < 4.78 is 0. The van der Waals surface area contributed by atoms with Crippen molar-refractivity contribution in [1.29, 1.82) is 0 Å². The largest absolute Gasteiger partial charge is 0.326 e. The maximum Gasteiger partial charge on any atom is 0.326 e. The van der Waals surface area contributed by atoms with Crippen LogP contribution in [0.1, 0.15) is 25.7 Å². The first kappa shape index (κ1) is 14.9. The van der Waals surface area contributed by atoms with Crippen LogP contribution < -0.4 is 10.2 Å². The van der Waals surface area contributed by atoms with Crippen LogP contribution in [0, 0.1) is 0 Å². The molecule has 0 aliphatic heterocycles. The number of carbonyl (C=O) groups excluding carboxylic acids is 1. The SMILES string of the molecule is O=C(Nc1ccccc1)N(c1ccc(Cl)cc1)C1CCCC1. The number of anilines is 2. The third-order valence-electron chi connectivity index (χ3n) is 4.04. The number of carbonyl (C=O) groups is 1. The second-order valence-electron chi connectivity index (χ2n) is 5.58. The van der Waals surface area contributed by atoms with Gasteiger partial charge in [-0.3, -0.25) is 4.90 Å². The van der Waals surface area contributed by atoms with E-state index in [-0.39, 0.29) is 12.1 Å². The second-order valence-corrected chi connectivity index (χ2v) is 6.02. The van der Waals surface area contributed by atoms with E-state index in [1.54, 1.807) is 0 Å². The summed E-state index contributed by atoms with van der Waals surface area (Å²) in [6.07, 6.45) is 4.44. The predicted octanol–water partition coefficient (Wildman–Crippen LogP) is 5.32. The first-order valence-electron chi connectivity index (χ1n) is 7.65. The Bertz CT molecular complexity index is 621. The van der Waals surface area contributed by atoms with Crippen LogP contribution in [-0.4, -0.2) is 12.1 Å². The quantitative estimate of drug-likeness (QED) is 0.817. The molecule has 2 aromatic rings. The molecule has 2 amide bonds. The van der Waals surface area contributed by atoms with E-state index in [2.05, 4.69) is 5.32 Å². The Hall–Kier alpha value is -2.00. The zero-order chi connectivity index (χ0) is 15.4. The van der Waals surface area contributed by atoms with Gasteiger partial charge in [-0.1, -0.05) is 42.6 Å². The Labute approximate surface area is 135 Å². The summed E-state index contributed by atoms with van der Waals surface area (Å²) >= 11 is 5.97. The van der Waals surface area contributed by atoms with Crippen LogP contribution in [0.25, 0.3) is 0 Å². The average molecular weight is 315 g/mol. The molecule has 0 saturated heterocycles. The van der Waals surface area contributed by atoms with Crippen molar-refractivity contribution < 1.29 is 4.79 Å². The van der Waals surface area contributed by atoms with Crippen LogP contribution >= 0.6 is 11.6 Å². The molecule has 1 aliphatic rings. The lowest BCUT2D eigenvalue weighted by Crippen LogP contribution is -2.41. The molecule has 0 aromatic heterocycles. The van der Waals surface area contributed by atoms with Gasteiger partial charge in [0.2, 0.25) is 0 Å². The highest BCUT2D eigenvalue weighted by atomic mass is 35.5. The smallest absolute Gasteiger partial charge is 0.308 e. The molecule has 4 heteroatoms. The second kappa shape index (κ2) is 6.84. The Kier molecular flexibility index (Phi) is 4.64. The molecule has 2 aromatic carbocycles. The average Bonchev–Trinajstić information content (AvgIpc) is 3.04. The van der Waals surface area contributed by atoms with Gasteiger partial charge < -0.3 is 5.32 Å². The van der Waals surface area contributed by atoms with Crippen LogP contribution in [0.4, 0.5) is 16.2 Å². The Morgan fingerprint density at radius 1 is 1.00 bits per heavy atom. The monoisotopic (exact) mass is 314 g/mol. The fourth-order valence-corrected chi connectivity index (χ4v) is 3.09. The molecule has 0 unspecified atom stereocenters. The number of nitrogens with one attached hydrogen (secondary N) is 1. The van der Waals surface area contributed by atoms with Crippen LogP contribution in [0.2, 0.25) is 5.02 Å². The van der Waals surface area contributed by atoms with Crippen molar-refractivity contribution in [3.05, 3.63) is 59.6 Å². The summed E-state index contributed by atoms with van der Waals surface area (Å²) in [5, 5.41) is 3.67. The lowest BCUT2D eigenvalue weighted by Gasteiger charge is -2.29. The first-order chi connectivity index (χ1) is 10.7. The van der Waals surface area contributed by atoms with Gasteiger partial charge in [-0.15, -0.1) is 0 Å². The van der Waals surface area contributed by atoms with Crippen molar-refractivity contribution in [3.63, 3.8) is 0 Å². The maximum atomic E-state index is 12.8. The summed E-state index contributed by atoms with van der Waals surface area (Å²) in [4.78, 5) is 14.6. The fourth-order valence-electron chi connectivity index (χ4n) is 2.96. The highest BCUT2D eigenvalue weighted by Crippen LogP contribution is 2.29. The number of benzene rings is 2. The van der Waals surface area contributed by atoms with E-state index in [1.807, 2.05) is 59.5 Å². The molecular formula is C18H19ClN2O. The van der Waals surface area contributed by atoms with E-state index >= 15 is 0 Å². The molecule has 3 nitrogen and oxygen atoms in total. The lowest BCUT2D eigenvalue weighted by molar-refractivity contribution is 0.255. The zero-order valence-corrected chi connectivity index (χ0v) is 13.1. The molecule has 1 fully saturated rings. The summed E-state index contributed by atoms with van der Waals surface area (Å²) in [5.74, 6) is 0. The van der Waals surface area contributed by atoms with Crippen molar-refractivity contribution in [2.45, 2.75) is 31.7 Å². The van der Waals surface area contributed by atoms with Crippen LogP contribution in [0.15, 0.2) is 54.6 Å². The van der Waals surface area contributed by atoms with Gasteiger partial charge in [0, 0.05) is 22.4 Å². The number of hydrogen-bond donors (Lipinski definition) is 1. The summed E-state index contributed by atoms with van der Waals surface area (Å²) in [6, 6.07) is 17.2. The molecule has 22 heavy (non-hydrogen) atoms. The van der Waals surface area contributed by atoms with Crippen molar-refractivity contribution in [1.82, 2.24) is 0 Å². The molecule has 1 aliphatic carbocycles. The standard InChI is InChI=1S/C18H19ClN2O/c19-14-10-12-17(13-11-14)21(16-8-4-5-9-16)18(22)20-15-6-2-1-3-7-15/h1-3,6-7,10-13,16H,4-5,8-9H2,(H,20,22). The van der Waals surface area contributed by atoms with Crippen molar-refractivity contribution in [2.75, 3.05) is 10.2 Å². The number of rotatable bonds is 3. The maximum absolute atomic E-state index is 12.8. The minimum Gasteiger partial charge on any atom is -0.308 e. The molecule has 1 N–H and O–H groups in total. The molecule has 114 valence electrons. The zero-order valence-electron chi connectivity index (χ0n) is 12.3. The molecule has 3 rings (SSSR count). The number of halogens is 1. The van der Waals surface area contributed by atoms with Crippen molar-refractivity contribution in [2.24, 2.45) is 0 Å². The third kappa shape index (κ3) is 3.42. The van der Waals surface area contributed by atoms with Gasteiger partial charge in [-0.2, -0.15) is 0 Å². The summed E-state index contributed by atoms with van der Waals surface area (Å²) in [6.45, 7) is 0. The predicted molar refractivity (Wildman–Crippen MR) is 91.6 cm³/mol. The van der Waals surface area contributed by atoms with Gasteiger partial charge >= 0.3 is 6.03 Å². The number of amides is 2. The molecule has 0 spiro atoms. The lowest BCUT2D eigenvalue weighted by atomic mass is 10.2. The topological polar surface area (TPSA) is 32.3 Å². The Balaban J connectivity index is 1.84. The van der Waals surface area contributed by atoms with Gasteiger partial charge in [-0.05, 0) is 49.2 Å².